The lowest BCUT2D eigenvalue weighted by molar-refractivity contribution is -0.167. The summed E-state index contributed by atoms with van der Waals surface area (Å²) in [6, 6.07) is 2.20. The van der Waals surface area contributed by atoms with E-state index in [1.165, 1.54) is 6.20 Å². The van der Waals surface area contributed by atoms with Crippen LogP contribution >= 0.6 is 0 Å². The highest BCUT2D eigenvalue weighted by molar-refractivity contribution is 5.85. The van der Waals surface area contributed by atoms with Crippen LogP contribution in [0.2, 0.25) is 0 Å². The second-order valence-corrected chi connectivity index (χ2v) is 10.0. The minimum Gasteiger partial charge on any atom is -0.404 e. The van der Waals surface area contributed by atoms with Crippen molar-refractivity contribution in [3.05, 3.63) is 46.7 Å². The number of alkyl halides is 3. The van der Waals surface area contributed by atoms with Gasteiger partial charge in [-0.05, 0) is 63.7 Å². The number of rotatable bonds is 5. The van der Waals surface area contributed by atoms with Gasteiger partial charge in [0.15, 0.2) is 0 Å². The number of hydrogen-bond donors (Lipinski definition) is 1. The highest BCUT2D eigenvalue weighted by atomic mass is 19.4. The van der Waals surface area contributed by atoms with Crippen molar-refractivity contribution in [3.8, 4) is 0 Å². The van der Waals surface area contributed by atoms with E-state index in [-0.39, 0.29) is 18.9 Å². The summed E-state index contributed by atoms with van der Waals surface area (Å²) in [6.45, 7) is 4.13. The molecule has 3 fully saturated rings. The number of aryl methyl sites for hydroxylation is 2. The first-order valence-electron chi connectivity index (χ1n) is 11.7. The van der Waals surface area contributed by atoms with Gasteiger partial charge in [-0.3, -0.25) is 9.98 Å². The lowest BCUT2D eigenvalue weighted by atomic mass is 9.98. The van der Waals surface area contributed by atoms with Crippen molar-refractivity contribution in [3.63, 3.8) is 0 Å². The summed E-state index contributed by atoms with van der Waals surface area (Å²) < 4.78 is 47.3. The minimum absolute atomic E-state index is 0.0755. The van der Waals surface area contributed by atoms with Crippen LogP contribution in [-0.2, 0) is 10.2 Å². The molecule has 0 spiro atoms. The number of halogens is 3. The molecule has 9 heteroatoms. The van der Waals surface area contributed by atoms with Crippen LogP contribution < -0.4 is 5.73 Å². The molecule has 1 atom stereocenters. The molecule has 178 valence electrons. The van der Waals surface area contributed by atoms with E-state index in [4.69, 9.17) is 15.5 Å². The molecule has 1 aliphatic heterocycles. The van der Waals surface area contributed by atoms with Gasteiger partial charge in [-0.1, -0.05) is 0 Å². The standard InChI is InChI=1S/C25H26F3N5O/c1-13-14(2)32-21-19(31-13)8-18(33-22(21)23-11-24(23,12-23)25(26,27)28)15-5-6-34-20(7-15)16(9-29)10-30-17-3-4-17/h7-10,17,20H,3-6,11-12,29H2,1-2H3/b16-9+,30-10?. The number of ether oxygens (including phenoxy) is 1. The van der Waals surface area contributed by atoms with Crippen molar-refractivity contribution >= 4 is 22.8 Å². The number of pyridine rings is 1. The van der Waals surface area contributed by atoms with Crippen LogP contribution in [0.25, 0.3) is 16.6 Å². The maximum absolute atomic E-state index is 13.8. The van der Waals surface area contributed by atoms with E-state index in [0.29, 0.717) is 47.2 Å². The third-order valence-electron chi connectivity index (χ3n) is 7.79. The van der Waals surface area contributed by atoms with Crippen LogP contribution in [0.4, 0.5) is 13.2 Å². The van der Waals surface area contributed by atoms with Crippen molar-refractivity contribution in [2.75, 3.05) is 6.61 Å². The normalized spacial score (nSPS) is 31.0. The van der Waals surface area contributed by atoms with Crippen LogP contribution in [0.3, 0.4) is 0 Å². The molecule has 0 aromatic carbocycles. The van der Waals surface area contributed by atoms with Gasteiger partial charge < -0.3 is 10.5 Å². The number of nitrogens with zero attached hydrogens (tertiary/aromatic N) is 4. The molecular weight excluding hydrogens is 443 g/mol. The quantitative estimate of drug-likeness (QED) is 0.653. The van der Waals surface area contributed by atoms with Crippen molar-refractivity contribution in [1.82, 2.24) is 15.0 Å². The summed E-state index contributed by atoms with van der Waals surface area (Å²) in [6.07, 6.45) is 3.52. The molecule has 1 unspecified atom stereocenters. The maximum atomic E-state index is 13.8. The first-order valence-corrected chi connectivity index (χ1v) is 11.7. The van der Waals surface area contributed by atoms with Gasteiger partial charge in [0.05, 0.1) is 46.4 Å². The molecule has 34 heavy (non-hydrogen) atoms. The molecule has 3 aliphatic carbocycles. The van der Waals surface area contributed by atoms with Crippen LogP contribution in [0.15, 0.2) is 28.9 Å². The van der Waals surface area contributed by atoms with Gasteiger partial charge in [0.1, 0.15) is 11.6 Å². The van der Waals surface area contributed by atoms with Crippen LogP contribution in [0, 0.1) is 19.3 Å². The third-order valence-corrected chi connectivity index (χ3v) is 7.79. The average Bonchev–Trinajstić information content (AvgIpc) is 3.67. The minimum atomic E-state index is -4.24. The summed E-state index contributed by atoms with van der Waals surface area (Å²) in [7, 11) is 0. The van der Waals surface area contributed by atoms with E-state index in [9.17, 15) is 13.2 Å². The molecule has 0 bridgehead atoms. The number of nitrogens with two attached hydrogens (primary N) is 1. The first kappa shape index (κ1) is 21.7. The van der Waals surface area contributed by atoms with Gasteiger partial charge in [0.2, 0.25) is 0 Å². The van der Waals surface area contributed by atoms with E-state index < -0.39 is 17.0 Å². The molecule has 6 nitrogen and oxygen atoms in total. The van der Waals surface area contributed by atoms with E-state index in [1.54, 1.807) is 6.21 Å². The highest BCUT2D eigenvalue weighted by Gasteiger charge is 2.94. The molecule has 4 aliphatic rings. The van der Waals surface area contributed by atoms with Crippen LogP contribution in [0.5, 0.6) is 0 Å². The first-order chi connectivity index (χ1) is 16.2. The fourth-order valence-electron chi connectivity index (χ4n) is 5.13. The number of hydrogen-bond acceptors (Lipinski definition) is 6. The Bertz CT molecular complexity index is 1290. The molecular formula is C25H26F3N5O. The lowest BCUT2D eigenvalue weighted by Gasteiger charge is -2.23. The molecule has 0 amide bonds. The van der Waals surface area contributed by atoms with E-state index >= 15 is 0 Å². The van der Waals surface area contributed by atoms with Gasteiger partial charge in [-0.2, -0.15) is 13.2 Å². The van der Waals surface area contributed by atoms with E-state index in [1.807, 2.05) is 26.0 Å². The Kier molecular flexibility index (Phi) is 4.53. The van der Waals surface area contributed by atoms with Crippen molar-refractivity contribution in [2.24, 2.45) is 16.1 Å². The Morgan fingerprint density at radius 1 is 1.18 bits per heavy atom. The Morgan fingerprint density at radius 3 is 2.56 bits per heavy atom. The smallest absolute Gasteiger partial charge is 0.395 e. The Morgan fingerprint density at radius 2 is 1.91 bits per heavy atom. The van der Waals surface area contributed by atoms with Gasteiger partial charge >= 0.3 is 6.18 Å². The highest BCUT2D eigenvalue weighted by Crippen LogP contribution is 2.90. The molecule has 0 radical (unpaired) electrons. The van der Waals surface area contributed by atoms with Crippen LogP contribution in [0.1, 0.15) is 54.9 Å². The molecule has 0 saturated heterocycles. The summed E-state index contributed by atoms with van der Waals surface area (Å²) in [5, 5.41) is 0. The second kappa shape index (κ2) is 7.10. The third kappa shape index (κ3) is 3.20. The number of aliphatic imine (C=N–C) groups is 1. The second-order valence-electron chi connectivity index (χ2n) is 10.0. The molecule has 2 aromatic heterocycles. The van der Waals surface area contributed by atoms with E-state index in [0.717, 1.165) is 29.7 Å². The van der Waals surface area contributed by atoms with Gasteiger partial charge in [0, 0.05) is 23.4 Å². The number of aromatic nitrogens is 3. The zero-order valence-electron chi connectivity index (χ0n) is 19.1. The van der Waals surface area contributed by atoms with Crippen molar-refractivity contribution in [2.45, 2.75) is 69.7 Å². The Hall–Kier alpha value is -2.81. The van der Waals surface area contributed by atoms with Gasteiger partial charge in [0.25, 0.3) is 0 Å². The van der Waals surface area contributed by atoms with Gasteiger partial charge in [-0.15, -0.1) is 0 Å². The summed E-state index contributed by atoms with van der Waals surface area (Å²) >= 11 is 0. The molecule has 2 N–H and O–H groups in total. The number of fused-ring (bicyclic) bond motifs is 2. The zero-order valence-corrected chi connectivity index (χ0v) is 19.1. The lowest BCUT2D eigenvalue weighted by Crippen LogP contribution is -2.21. The summed E-state index contributed by atoms with van der Waals surface area (Å²) in [4.78, 5) is 18.6. The van der Waals surface area contributed by atoms with Gasteiger partial charge in [-0.25, -0.2) is 9.97 Å². The van der Waals surface area contributed by atoms with Crippen molar-refractivity contribution in [1.29, 1.82) is 0 Å². The largest absolute Gasteiger partial charge is 0.404 e. The molecule has 2 aromatic rings. The molecule has 6 rings (SSSR count). The van der Waals surface area contributed by atoms with Crippen LogP contribution in [-0.4, -0.2) is 46.1 Å². The molecule has 3 heterocycles. The predicted molar refractivity (Wildman–Crippen MR) is 122 cm³/mol. The summed E-state index contributed by atoms with van der Waals surface area (Å²) in [5.41, 5.74) is 8.49. The SMILES string of the molecule is Cc1nc2cc(C3=CC(/C(C=NC4CC4)=C/N)OCC3)nc(C34CC3(C(F)(F)F)C4)c2nc1C. The summed E-state index contributed by atoms with van der Waals surface area (Å²) in [5.74, 6) is 0. The maximum Gasteiger partial charge on any atom is 0.395 e. The molecule has 3 saturated carbocycles. The van der Waals surface area contributed by atoms with E-state index in [2.05, 4.69) is 15.0 Å². The average molecular weight is 470 g/mol. The van der Waals surface area contributed by atoms with Crippen molar-refractivity contribution < 1.29 is 17.9 Å². The Labute approximate surface area is 195 Å². The monoisotopic (exact) mass is 469 g/mol. The Balaban J connectivity index is 1.43. The zero-order chi connectivity index (χ0) is 23.9. The topological polar surface area (TPSA) is 86.3 Å². The fraction of sp³-hybridized carbons (Fsp3) is 0.520. The fourth-order valence-corrected chi connectivity index (χ4v) is 5.13. The predicted octanol–water partition coefficient (Wildman–Crippen LogP) is 4.48.